The zero-order valence-corrected chi connectivity index (χ0v) is 13.7. The Morgan fingerprint density at radius 3 is 2.38 bits per heavy atom. The van der Waals surface area contributed by atoms with E-state index in [0.29, 0.717) is 5.69 Å². The van der Waals surface area contributed by atoms with Crippen molar-refractivity contribution in [1.29, 1.82) is 5.53 Å². The van der Waals surface area contributed by atoms with E-state index in [1.165, 1.54) is 6.92 Å². The van der Waals surface area contributed by atoms with Crippen molar-refractivity contribution >= 4 is 22.3 Å². The van der Waals surface area contributed by atoms with E-state index in [1.807, 2.05) is 6.07 Å². The van der Waals surface area contributed by atoms with Crippen LogP contribution in [0.5, 0.6) is 0 Å². The van der Waals surface area contributed by atoms with Crippen molar-refractivity contribution in [3.63, 3.8) is 0 Å². The molecule has 0 aromatic heterocycles. The lowest BCUT2D eigenvalue weighted by molar-refractivity contribution is 0.415. The van der Waals surface area contributed by atoms with Crippen LogP contribution in [0.4, 0.5) is 5.69 Å². The van der Waals surface area contributed by atoms with Crippen LogP contribution in [0.2, 0.25) is 0 Å². The van der Waals surface area contributed by atoms with E-state index in [1.54, 1.807) is 42.5 Å². The predicted molar refractivity (Wildman–Crippen MR) is 95.8 cm³/mol. The first-order valence-electron chi connectivity index (χ1n) is 6.91. The molecule has 0 atom stereocenters. The van der Waals surface area contributed by atoms with Gasteiger partial charge in [0.2, 0.25) is 0 Å². The van der Waals surface area contributed by atoms with Crippen LogP contribution in [0, 0.1) is 5.53 Å². The molecule has 7 nitrogen and oxygen atoms in total. The summed E-state index contributed by atoms with van der Waals surface area (Å²) in [5.41, 5.74) is 14.8. The van der Waals surface area contributed by atoms with Crippen LogP contribution < -0.4 is 5.73 Å². The molecule has 0 aliphatic rings. The van der Waals surface area contributed by atoms with E-state index in [0.717, 1.165) is 17.2 Å². The summed E-state index contributed by atoms with van der Waals surface area (Å²) in [6.45, 7) is 1.40. The number of amidine groups is 1. The Kier molecular flexibility index (Phi) is 5.35. The highest BCUT2D eigenvalue weighted by atomic mass is 32.3. The molecule has 2 aromatic carbocycles. The first kappa shape index (κ1) is 17.7. The van der Waals surface area contributed by atoms with Gasteiger partial charge in [0, 0.05) is 6.08 Å². The molecule has 126 valence electrons. The molecule has 0 aliphatic heterocycles. The number of nitrogens with zero attached hydrogens (tertiary/aromatic N) is 2. The zero-order chi connectivity index (χ0) is 17.7. The summed E-state index contributed by atoms with van der Waals surface area (Å²) in [6.07, 6.45) is 1.14. The molecule has 0 bridgehead atoms. The average molecular weight is 346 g/mol. The van der Waals surface area contributed by atoms with E-state index >= 15 is 0 Å². The van der Waals surface area contributed by atoms with E-state index in [9.17, 15) is 9.11 Å². The normalized spacial score (nSPS) is 13.6. The number of rotatable bonds is 5. The van der Waals surface area contributed by atoms with Gasteiger partial charge in [0.25, 0.3) is 0 Å². The third-order valence-electron chi connectivity index (χ3n) is 3.07. The number of allylic oxidation sites excluding steroid dienone is 1. The fourth-order valence-corrected chi connectivity index (χ4v) is 2.98. The molecule has 0 saturated carbocycles. The standard InChI is InChI=1S/C16H18N4O3S/c1-11(21)9-16(17)20-24(22,23)15-7-5-12(6-8-15)13-3-2-4-14(10-13)19-18/h2-10,18,21-23H,1H3,(H2,17,20)/b11-9-,19-18?. The van der Waals surface area contributed by atoms with Crippen molar-refractivity contribution in [2.75, 3.05) is 0 Å². The molecule has 0 heterocycles. The average Bonchev–Trinajstić information content (AvgIpc) is 2.53. The van der Waals surface area contributed by atoms with Gasteiger partial charge in [-0.15, -0.1) is 4.40 Å². The summed E-state index contributed by atoms with van der Waals surface area (Å²) in [7, 11) is -3.46. The van der Waals surface area contributed by atoms with Gasteiger partial charge in [0.05, 0.1) is 16.3 Å². The number of hydrogen-bond acceptors (Lipinski definition) is 6. The van der Waals surface area contributed by atoms with E-state index in [-0.39, 0.29) is 16.5 Å². The second-order valence-electron chi connectivity index (χ2n) is 5.01. The van der Waals surface area contributed by atoms with E-state index in [4.69, 9.17) is 16.4 Å². The van der Waals surface area contributed by atoms with E-state index in [2.05, 4.69) is 9.51 Å². The van der Waals surface area contributed by atoms with Gasteiger partial charge in [0.1, 0.15) is 5.84 Å². The fraction of sp³-hybridized carbons (Fsp3) is 0.0625. The number of nitrogens with two attached hydrogens (primary N) is 1. The quantitative estimate of drug-likeness (QED) is 0.228. The van der Waals surface area contributed by atoms with Gasteiger partial charge in [-0.05, 0) is 42.3 Å². The van der Waals surface area contributed by atoms with Crippen molar-refractivity contribution in [3.05, 3.63) is 60.4 Å². The van der Waals surface area contributed by atoms with Crippen LogP contribution in [0.1, 0.15) is 6.92 Å². The molecule has 0 spiro atoms. The highest BCUT2D eigenvalue weighted by Crippen LogP contribution is 2.49. The molecule has 0 radical (unpaired) electrons. The number of aliphatic hydroxyl groups is 1. The monoisotopic (exact) mass is 346 g/mol. The Bertz CT molecular complexity index is 797. The van der Waals surface area contributed by atoms with Gasteiger partial charge >= 0.3 is 0 Å². The molecule has 0 amide bonds. The summed E-state index contributed by atoms with van der Waals surface area (Å²) in [5, 5.41) is 12.5. The molecular formula is C16H18N4O3S. The summed E-state index contributed by atoms with van der Waals surface area (Å²) in [4.78, 5) is 0.208. The summed E-state index contributed by atoms with van der Waals surface area (Å²) in [5.74, 6) is -0.259. The maximum atomic E-state index is 10.1. The predicted octanol–water partition coefficient (Wildman–Crippen LogP) is 4.86. The maximum absolute atomic E-state index is 10.1. The maximum Gasteiger partial charge on any atom is 0.146 e. The van der Waals surface area contributed by atoms with Crippen LogP contribution >= 0.6 is 10.8 Å². The minimum Gasteiger partial charge on any atom is -0.512 e. The first-order valence-corrected chi connectivity index (χ1v) is 8.41. The van der Waals surface area contributed by atoms with Gasteiger partial charge in [-0.1, -0.05) is 35.0 Å². The molecule has 0 unspecified atom stereocenters. The molecule has 0 saturated heterocycles. The number of aliphatic hydroxyl groups excluding tert-OH is 1. The molecule has 24 heavy (non-hydrogen) atoms. The molecular weight excluding hydrogens is 328 g/mol. The number of nitrogens with one attached hydrogen (secondary N) is 1. The summed E-state index contributed by atoms with van der Waals surface area (Å²) >= 11 is 0. The van der Waals surface area contributed by atoms with E-state index < -0.39 is 10.8 Å². The molecule has 6 N–H and O–H groups in total. The minimum atomic E-state index is -3.46. The third-order valence-corrected chi connectivity index (χ3v) is 4.44. The lowest BCUT2D eigenvalue weighted by Crippen LogP contribution is -2.11. The second kappa shape index (κ2) is 7.26. The van der Waals surface area contributed by atoms with Crippen molar-refractivity contribution < 1.29 is 14.2 Å². The fourth-order valence-electron chi connectivity index (χ4n) is 2.03. The Balaban J connectivity index is 2.31. The van der Waals surface area contributed by atoms with Crippen LogP contribution in [0.3, 0.4) is 0 Å². The lowest BCUT2D eigenvalue weighted by atomic mass is 10.1. The molecule has 0 aliphatic carbocycles. The summed E-state index contributed by atoms with van der Waals surface area (Å²) < 4.78 is 23.9. The van der Waals surface area contributed by atoms with Crippen molar-refractivity contribution in [2.24, 2.45) is 15.2 Å². The molecule has 0 fully saturated rings. The van der Waals surface area contributed by atoms with Gasteiger partial charge in [-0.3, -0.25) is 9.11 Å². The largest absolute Gasteiger partial charge is 0.512 e. The SMILES string of the molecule is C/C(O)=C/C(N)=N\S(O)(O)c1ccc(-c2cccc(N=N)c2)cc1. The molecule has 8 heteroatoms. The Morgan fingerprint density at radius 2 is 1.79 bits per heavy atom. The molecule has 2 aromatic rings. The second-order valence-corrected chi connectivity index (χ2v) is 6.70. The Labute approximate surface area is 141 Å². The highest BCUT2D eigenvalue weighted by molar-refractivity contribution is 8.23. The van der Waals surface area contributed by atoms with Gasteiger partial charge < -0.3 is 10.8 Å². The van der Waals surface area contributed by atoms with Crippen LogP contribution in [-0.4, -0.2) is 20.0 Å². The zero-order valence-electron chi connectivity index (χ0n) is 12.9. The number of hydrogen-bond donors (Lipinski definition) is 5. The van der Waals surface area contributed by atoms with Gasteiger partial charge in [0.15, 0.2) is 0 Å². The van der Waals surface area contributed by atoms with Crippen LogP contribution in [0.25, 0.3) is 11.1 Å². The number of benzene rings is 2. The van der Waals surface area contributed by atoms with Crippen LogP contribution in [0.15, 0.2) is 74.8 Å². The van der Waals surface area contributed by atoms with Crippen molar-refractivity contribution in [1.82, 2.24) is 0 Å². The molecule has 2 rings (SSSR count). The van der Waals surface area contributed by atoms with Crippen molar-refractivity contribution in [2.45, 2.75) is 11.8 Å². The minimum absolute atomic E-state index is 0.0820. The summed E-state index contributed by atoms with van der Waals surface area (Å²) in [6, 6.07) is 13.6. The van der Waals surface area contributed by atoms with Gasteiger partial charge in [-0.25, -0.2) is 5.53 Å². The van der Waals surface area contributed by atoms with Gasteiger partial charge in [-0.2, -0.15) is 5.11 Å². The third kappa shape index (κ3) is 4.42. The Morgan fingerprint density at radius 1 is 1.12 bits per heavy atom. The first-order chi connectivity index (χ1) is 11.3. The Hall–Kier alpha value is -2.68. The topological polar surface area (TPSA) is 135 Å². The lowest BCUT2D eigenvalue weighted by Gasteiger charge is -2.27. The van der Waals surface area contributed by atoms with Crippen molar-refractivity contribution in [3.8, 4) is 11.1 Å². The highest BCUT2D eigenvalue weighted by Gasteiger charge is 2.15. The van der Waals surface area contributed by atoms with Crippen LogP contribution in [-0.2, 0) is 0 Å². The smallest absolute Gasteiger partial charge is 0.146 e.